The fraction of sp³-hybridized carbons (Fsp3) is 1.00. The summed E-state index contributed by atoms with van der Waals surface area (Å²) in [6, 6.07) is 0. The maximum absolute atomic E-state index is 5.36. The molecule has 0 fully saturated rings. The zero-order valence-electron chi connectivity index (χ0n) is 5.97. The lowest BCUT2D eigenvalue weighted by molar-refractivity contribution is 0.822. The Morgan fingerprint density at radius 2 is 2.00 bits per heavy atom. The summed E-state index contributed by atoms with van der Waals surface area (Å²) in [4.78, 5) is 0. The number of rotatable bonds is 5. The highest BCUT2D eigenvalue weighted by Crippen LogP contribution is 2.11. The Morgan fingerprint density at radius 1 is 1.33 bits per heavy atom. The molecule has 2 nitrogen and oxygen atoms in total. The summed E-state index contributed by atoms with van der Waals surface area (Å²) in [5.74, 6) is 1.06. The summed E-state index contributed by atoms with van der Waals surface area (Å²) in [5, 5.41) is 0.679. The van der Waals surface area contributed by atoms with Crippen LogP contribution < -0.4 is 11.5 Å². The van der Waals surface area contributed by atoms with Crippen molar-refractivity contribution in [3.8, 4) is 0 Å². The molecule has 0 amide bonds. The predicted molar refractivity (Wildman–Crippen MR) is 44.6 cm³/mol. The second-order valence-corrected chi connectivity index (χ2v) is 3.59. The molecule has 0 aromatic carbocycles. The molecule has 0 saturated carbocycles. The van der Waals surface area contributed by atoms with E-state index in [0.29, 0.717) is 5.25 Å². The van der Waals surface area contributed by atoms with Crippen molar-refractivity contribution in [3.63, 3.8) is 0 Å². The molecule has 4 N–H and O–H groups in total. The smallest absolute Gasteiger partial charge is 0.00585 e. The zero-order chi connectivity index (χ0) is 7.11. The Morgan fingerprint density at radius 3 is 2.44 bits per heavy atom. The second kappa shape index (κ2) is 6.39. The summed E-state index contributed by atoms with van der Waals surface area (Å²) in [7, 11) is 0. The Bertz CT molecular complexity index is 59.0. The van der Waals surface area contributed by atoms with Gasteiger partial charge in [-0.2, -0.15) is 11.8 Å². The van der Waals surface area contributed by atoms with Crippen LogP contribution in [0.2, 0.25) is 0 Å². The molecule has 56 valence electrons. The fourth-order valence-electron chi connectivity index (χ4n) is 0.587. The van der Waals surface area contributed by atoms with Crippen molar-refractivity contribution in [1.29, 1.82) is 0 Å². The molecule has 3 heteroatoms. The number of hydrogen-bond donors (Lipinski definition) is 2. The van der Waals surface area contributed by atoms with E-state index < -0.39 is 0 Å². The molecule has 0 heterocycles. The zero-order valence-corrected chi connectivity index (χ0v) is 6.79. The van der Waals surface area contributed by atoms with Crippen molar-refractivity contribution < 1.29 is 0 Å². The van der Waals surface area contributed by atoms with Crippen LogP contribution in [0.25, 0.3) is 0 Å². The monoisotopic (exact) mass is 148 g/mol. The molecule has 0 aliphatic heterocycles. The molecular formula is C6H16N2S. The third kappa shape index (κ3) is 6.15. The highest BCUT2D eigenvalue weighted by atomic mass is 32.2. The van der Waals surface area contributed by atoms with Crippen LogP contribution in [0.5, 0.6) is 0 Å². The summed E-state index contributed by atoms with van der Waals surface area (Å²) in [6.45, 7) is 3.76. The van der Waals surface area contributed by atoms with Crippen molar-refractivity contribution in [2.45, 2.75) is 18.6 Å². The van der Waals surface area contributed by atoms with Crippen LogP contribution in [0.15, 0.2) is 0 Å². The van der Waals surface area contributed by atoms with Crippen LogP contribution >= 0.6 is 11.8 Å². The molecule has 0 aliphatic rings. The van der Waals surface area contributed by atoms with E-state index in [1.165, 1.54) is 0 Å². The molecule has 0 rings (SSSR count). The van der Waals surface area contributed by atoms with E-state index in [0.717, 1.165) is 25.3 Å². The van der Waals surface area contributed by atoms with Crippen molar-refractivity contribution in [3.05, 3.63) is 0 Å². The highest BCUT2D eigenvalue weighted by molar-refractivity contribution is 7.99. The predicted octanol–water partition coefficient (Wildman–Crippen LogP) is 0.416. The Balaban J connectivity index is 2.95. The first-order valence-corrected chi connectivity index (χ1v) is 4.38. The lowest BCUT2D eigenvalue weighted by atomic mass is 10.3. The van der Waals surface area contributed by atoms with Crippen LogP contribution in [-0.4, -0.2) is 24.1 Å². The van der Waals surface area contributed by atoms with Gasteiger partial charge in [0.05, 0.1) is 0 Å². The van der Waals surface area contributed by atoms with Gasteiger partial charge in [0.25, 0.3) is 0 Å². The van der Waals surface area contributed by atoms with Crippen molar-refractivity contribution >= 4 is 11.8 Å². The standard InChI is InChI=1S/C6H16N2S/c1-6(2-3-7)9-5-4-8/h6H,2-5,7-8H2,1H3. The van der Waals surface area contributed by atoms with E-state index in [1.54, 1.807) is 0 Å². The number of nitrogens with two attached hydrogens (primary N) is 2. The van der Waals surface area contributed by atoms with Gasteiger partial charge in [-0.05, 0) is 13.0 Å². The number of hydrogen-bond acceptors (Lipinski definition) is 3. The van der Waals surface area contributed by atoms with Crippen LogP contribution in [0.1, 0.15) is 13.3 Å². The van der Waals surface area contributed by atoms with Gasteiger partial charge in [0, 0.05) is 17.5 Å². The van der Waals surface area contributed by atoms with Crippen LogP contribution in [0.3, 0.4) is 0 Å². The first-order chi connectivity index (χ1) is 4.31. The molecule has 0 bridgehead atoms. The molecule has 0 saturated heterocycles. The van der Waals surface area contributed by atoms with E-state index in [9.17, 15) is 0 Å². The van der Waals surface area contributed by atoms with Crippen LogP contribution in [0, 0.1) is 0 Å². The van der Waals surface area contributed by atoms with E-state index in [1.807, 2.05) is 11.8 Å². The van der Waals surface area contributed by atoms with Crippen LogP contribution in [-0.2, 0) is 0 Å². The van der Waals surface area contributed by atoms with Gasteiger partial charge in [0.15, 0.2) is 0 Å². The Hall–Kier alpha value is 0.270. The minimum Gasteiger partial charge on any atom is -0.330 e. The van der Waals surface area contributed by atoms with E-state index in [4.69, 9.17) is 11.5 Å². The molecular weight excluding hydrogens is 132 g/mol. The minimum atomic E-state index is 0.679. The van der Waals surface area contributed by atoms with E-state index in [-0.39, 0.29) is 0 Å². The summed E-state index contributed by atoms with van der Waals surface area (Å²) >= 11 is 1.90. The van der Waals surface area contributed by atoms with Gasteiger partial charge in [-0.1, -0.05) is 6.92 Å². The maximum Gasteiger partial charge on any atom is 0.00585 e. The molecule has 1 unspecified atom stereocenters. The second-order valence-electron chi connectivity index (χ2n) is 2.05. The van der Waals surface area contributed by atoms with Gasteiger partial charge < -0.3 is 11.5 Å². The molecule has 1 atom stereocenters. The largest absolute Gasteiger partial charge is 0.330 e. The van der Waals surface area contributed by atoms with Gasteiger partial charge in [0.1, 0.15) is 0 Å². The van der Waals surface area contributed by atoms with Crippen molar-refractivity contribution in [2.75, 3.05) is 18.8 Å². The van der Waals surface area contributed by atoms with Gasteiger partial charge in [-0.25, -0.2) is 0 Å². The first-order valence-electron chi connectivity index (χ1n) is 3.33. The third-order valence-corrected chi connectivity index (χ3v) is 2.37. The van der Waals surface area contributed by atoms with E-state index >= 15 is 0 Å². The van der Waals surface area contributed by atoms with Gasteiger partial charge >= 0.3 is 0 Å². The average molecular weight is 148 g/mol. The summed E-state index contributed by atoms with van der Waals surface area (Å²) in [5.41, 5.74) is 10.7. The normalized spacial score (nSPS) is 13.7. The molecule has 0 aromatic heterocycles. The summed E-state index contributed by atoms with van der Waals surface area (Å²) in [6.07, 6.45) is 1.10. The Labute approximate surface area is 61.4 Å². The molecule has 0 spiro atoms. The van der Waals surface area contributed by atoms with Crippen LogP contribution in [0.4, 0.5) is 0 Å². The van der Waals surface area contributed by atoms with Gasteiger partial charge in [-0.3, -0.25) is 0 Å². The quantitative estimate of drug-likeness (QED) is 0.594. The Kier molecular flexibility index (Phi) is 6.58. The molecule has 0 radical (unpaired) electrons. The van der Waals surface area contributed by atoms with E-state index in [2.05, 4.69) is 6.92 Å². The topological polar surface area (TPSA) is 52.0 Å². The maximum atomic E-state index is 5.36. The lowest BCUT2D eigenvalue weighted by Gasteiger charge is -2.06. The molecule has 0 aliphatic carbocycles. The third-order valence-electron chi connectivity index (χ3n) is 1.09. The van der Waals surface area contributed by atoms with Gasteiger partial charge in [-0.15, -0.1) is 0 Å². The first kappa shape index (κ1) is 9.27. The van der Waals surface area contributed by atoms with Crippen molar-refractivity contribution in [1.82, 2.24) is 0 Å². The summed E-state index contributed by atoms with van der Waals surface area (Å²) < 4.78 is 0. The minimum absolute atomic E-state index is 0.679. The fourth-order valence-corrected chi connectivity index (χ4v) is 1.43. The molecule has 9 heavy (non-hydrogen) atoms. The SMILES string of the molecule is CC(CCN)SCCN. The highest BCUT2D eigenvalue weighted by Gasteiger charge is 1.97. The lowest BCUT2D eigenvalue weighted by Crippen LogP contribution is -2.10. The van der Waals surface area contributed by atoms with Gasteiger partial charge in [0.2, 0.25) is 0 Å². The number of thioether (sulfide) groups is 1. The molecule has 0 aromatic rings. The van der Waals surface area contributed by atoms with Crippen molar-refractivity contribution in [2.24, 2.45) is 11.5 Å². The average Bonchev–Trinajstić information content (AvgIpc) is 1.85.